The molecule has 0 saturated heterocycles. The van der Waals surface area contributed by atoms with Crippen LogP contribution in [0, 0.1) is 17.5 Å². The third-order valence-corrected chi connectivity index (χ3v) is 3.53. The first kappa shape index (κ1) is 18.1. The van der Waals surface area contributed by atoms with Gasteiger partial charge < -0.3 is 10.6 Å². The Morgan fingerprint density at radius 3 is 2.11 bits per heavy atom. The third-order valence-electron chi connectivity index (χ3n) is 3.53. The Morgan fingerprint density at radius 2 is 1.41 bits per heavy atom. The lowest BCUT2D eigenvalue weighted by atomic mass is 10.2. The van der Waals surface area contributed by atoms with Crippen molar-refractivity contribution in [3.63, 3.8) is 0 Å². The molecule has 2 amide bonds. The molecule has 2 N–H and O–H groups in total. The minimum Gasteiger partial charge on any atom is -0.322 e. The Bertz CT molecular complexity index is 1010. The molecule has 2 aromatic carbocycles. The predicted molar refractivity (Wildman–Crippen MR) is 92.9 cm³/mol. The number of nitrogens with one attached hydrogen (secondary N) is 2. The number of hydrogen-bond acceptors (Lipinski definition) is 3. The maximum Gasteiger partial charge on any atom is 0.274 e. The van der Waals surface area contributed by atoms with E-state index in [0.717, 1.165) is 12.1 Å². The van der Waals surface area contributed by atoms with E-state index in [4.69, 9.17) is 0 Å². The summed E-state index contributed by atoms with van der Waals surface area (Å²) >= 11 is 0. The van der Waals surface area contributed by atoms with Crippen molar-refractivity contribution in [2.75, 3.05) is 10.6 Å². The highest BCUT2D eigenvalue weighted by Gasteiger charge is 2.13. The first-order valence-corrected chi connectivity index (χ1v) is 7.72. The van der Waals surface area contributed by atoms with Crippen LogP contribution in [-0.2, 0) is 0 Å². The van der Waals surface area contributed by atoms with Gasteiger partial charge in [-0.05, 0) is 48.5 Å². The van der Waals surface area contributed by atoms with Crippen LogP contribution >= 0.6 is 0 Å². The van der Waals surface area contributed by atoms with Crippen molar-refractivity contribution in [2.24, 2.45) is 0 Å². The van der Waals surface area contributed by atoms with E-state index in [1.165, 1.54) is 48.7 Å². The zero-order valence-electron chi connectivity index (χ0n) is 13.7. The molecule has 5 nitrogen and oxygen atoms in total. The lowest BCUT2D eigenvalue weighted by Crippen LogP contribution is -2.17. The summed E-state index contributed by atoms with van der Waals surface area (Å²) < 4.78 is 39.1. The van der Waals surface area contributed by atoms with Crippen molar-refractivity contribution < 1.29 is 22.8 Å². The van der Waals surface area contributed by atoms with Crippen LogP contribution in [0.4, 0.5) is 24.5 Å². The van der Waals surface area contributed by atoms with E-state index in [1.54, 1.807) is 0 Å². The van der Waals surface area contributed by atoms with E-state index < -0.39 is 29.3 Å². The highest BCUT2D eigenvalue weighted by molar-refractivity contribution is 6.07. The first-order chi connectivity index (χ1) is 12.9. The number of carbonyl (C=O) groups is 2. The van der Waals surface area contributed by atoms with Crippen LogP contribution < -0.4 is 10.6 Å². The smallest absolute Gasteiger partial charge is 0.274 e. The number of hydrogen-bond donors (Lipinski definition) is 2. The first-order valence-electron chi connectivity index (χ1n) is 7.72. The normalized spacial score (nSPS) is 10.3. The fraction of sp³-hybridized carbons (Fsp3) is 0. The van der Waals surface area contributed by atoms with E-state index in [2.05, 4.69) is 15.6 Å². The molecule has 0 fully saturated rings. The summed E-state index contributed by atoms with van der Waals surface area (Å²) in [6, 6.07) is 10.7. The summed E-state index contributed by atoms with van der Waals surface area (Å²) in [5.41, 5.74) is 0.476. The molecule has 27 heavy (non-hydrogen) atoms. The molecule has 0 saturated carbocycles. The predicted octanol–water partition coefficient (Wildman–Crippen LogP) is 4.00. The minimum atomic E-state index is -1.10. The van der Waals surface area contributed by atoms with Crippen LogP contribution in [0.1, 0.15) is 20.8 Å². The molecule has 0 spiro atoms. The third kappa shape index (κ3) is 4.49. The molecule has 1 aromatic heterocycles. The maximum atomic E-state index is 13.2. The second-order valence-corrected chi connectivity index (χ2v) is 5.47. The van der Waals surface area contributed by atoms with Crippen molar-refractivity contribution in [3.05, 3.63) is 89.5 Å². The number of carbonyl (C=O) groups excluding carboxylic acids is 2. The van der Waals surface area contributed by atoms with Crippen LogP contribution in [-0.4, -0.2) is 16.8 Å². The number of amides is 2. The van der Waals surface area contributed by atoms with Crippen LogP contribution in [0.5, 0.6) is 0 Å². The Labute approximate surface area is 151 Å². The fourth-order valence-electron chi connectivity index (χ4n) is 2.20. The molecule has 0 aliphatic rings. The zero-order chi connectivity index (χ0) is 19.4. The van der Waals surface area contributed by atoms with E-state index in [1.807, 2.05) is 0 Å². The molecule has 0 unspecified atom stereocenters. The molecule has 0 aliphatic carbocycles. The molecule has 0 atom stereocenters. The fourth-order valence-corrected chi connectivity index (χ4v) is 2.20. The van der Waals surface area contributed by atoms with Crippen LogP contribution in [0.3, 0.4) is 0 Å². The number of aromatic nitrogens is 1. The maximum absolute atomic E-state index is 13.2. The molecule has 0 bridgehead atoms. The number of pyridine rings is 1. The molecular formula is C19H12F3N3O2. The van der Waals surface area contributed by atoms with Gasteiger partial charge >= 0.3 is 0 Å². The van der Waals surface area contributed by atoms with E-state index >= 15 is 0 Å². The van der Waals surface area contributed by atoms with Gasteiger partial charge in [-0.2, -0.15) is 0 Å². The molecule has 136 valence electrons. The van der Waals surface area contributed by atoms with Gasteiger partial charge in [0.05, 0.1) is 0 Å². The summed E-state index contributed by atoms with van der Waals surface area (Å²) in [5.74, 6) is -3.79. The van der Waals surface area contributed by atoms with Gasteiger partial charge in [-0.1, -0.05) is 0 Å². The minimum absolute atomic E-state index is 0.0442. The van der Waals surface area contributed by atoms with Gasteiger partial charge in [-0.25, -0.2) is 13.2 Å². The highest BCUT2D eigenvalue weighted by atomic mass is 19.2. The quantitative estimate of drug-likeness (QED) is 0.728. The summed E-state index contributed by atoms with van der Waals surface area (Å²) in [7, 11) is 0. The summed E-state index contributed by atoms with van der Waals surface area (Å²) in [4.78, 5) is 28.4. The molecule has 1 heterocycles. The van der Waals surface area contributed by atoms with E-state index in [-0.39, 0.29) is 16.9 Å². The van der Waals surface area contributed by atoms with Crippen LogP contribution in [0.15, 0.2) is 60.8 Å². The van der Waals surface area contributed by atoms with Gasteiger partial charge in [-0.15, -0.1) is 0 Å². The number of rotatable bonds is 4. The Hall–Kier alpha value is -3.68. The SMILES string of the molecule is O=C(Nc1ccc(F)c(F)c1)c1ccnc(C(=O)Nc2ccc(F)cc2)c1. The highest BCUT2D eigenvalue weighted by Crippen LogP contribution is 2.15. The summed E-state index contributed by atoms with van der Waals surface area (Å²) in [5, 5.41) is 4.93. The molecular weight excluding hydrogens is 359 g/mol. The Balaban J connectivity index is 1.73. The van der Waals surface area contributed by atoms with E-state index in [9.17, 15) is 22.8 Å². The van der Waals surface area contributed by atoms with Gasteiger partial charge in [0.15, 0.2) is 11.6 Å². The van der Waals surface area contributed by atoms with Crippen LogP contribution in [0.25, 0.3) is 0 Å². The Morgan fingerprint density at radius 1 is 0.741 bits per heavy atom. The molecule has 0 aliphatic heterocycles. The number of benzene rings is 2. The second kappa shape index (κ2) is 7.69. The van der Waals surface area contributed by atoms with Crippen molar-refractivity contribution >= 4 is 23.2 Å². The number of nitrogens with zero attached hydrogens (tertiary/aromatic N) is 1. The summed E-state index contributed by atoms with van der Waals surface area (Å²) in [6.07, 6.45) is 1.26. The standard InChI is InChI=1S/C19H12F3N3O2/c20-12-1-3-13(4-2-12)24-19(27)17-9-11(7-8-23-17)18(26)25-14-5-6-15(21)16(22)10-14/h1-10H,(H,24,27)(H,25,26). The number of anilines is 2. The second-order valence-electron chi connectivity index (χ2n) is 5.47. The lowest BCUT2D eigenvalue weighted by molar-refractivity contribution is 0.102. The van der Waals surface area contributed by atoms with E-state index in [0.29, 0.717) is 5.69 Å². The van der Waals surface area contributed by atoms with Gasteiger partial charge in [0.25, 0.3) is 11.8 Å². The zero-order valence-corrected chi connectivity index (χ0v) is 13.7. The van der Waals surface area contributed by atoms with Crippen molar-refractivity contribution in [1.82, 2.24) is 4.98 Å². The molecule has 3 rings (SSSR count). The largest absolute Gasteiger partial charge is 0.322 e. The average Bonchev–Trinajstić information content (AvgIpc) is 2.66. The van der Waals surface area contributed by atoms with Gasteiger partial charge in [-0.3, -0.25) is 14.6 Å². The molecule has 8 heteroatoms. The van der Waals surface area contributed by atoms with Crippen molar-refractivity contribution in [3.8, 4) is 0 Å². The van der Waals surface area contributed by atoms with Gasteiger partial charge in [0.2, 0.25) is 0 Å². The molecule has 0 radical (unpaired) electrons. The Kier molecular flexibility index (Phi) is 5.16. The van der Waals surface area contributed by atoms with Gasteiger partial charge in [0.1, 0.15) is 11.5 Å². The lowest BCUT2D eigenvalue weighted by Gasteiger charge is -2.08. The number of halogens is 3. The average molecular weight is 371 g/mol. The topological polar surface area (TPSA) is 71.1 Å². The van der Waals surface area contributed by atoms with Gasteiger partial charge in [0, 0.05) is 29.2 Å². The van der Waals surface area contributed by atoms with Crippen LogP contribution in [0.2, 0.25) is 0 Å². The summed E-state index contributed by atoms with van der Waals surface area (Å²) in [6.45, 7) is 0. The van der Waals surface area contributed by atoms with Crippen molar-refractivity contribution in [2.45, 2.75) is 0 Å². The van der Waals surface area contributed by atoms with Crippen molar-refractivity contribution in [1.29, 1.82) is 0 Å². The monoisotopic (exact) mass is 371 g/mol. The molecule has 3 aromatic rings.